The molecule has 2 atom stereocenters. The number of aliphatic carboxylic acids is 1. The highest BCUT2D eigenvalue weighted by atomic mass is 16.4. The Balaban J connectivity index is 1.75. The minimum absolute atomic E-state index is 0.240. The second kappa shape index (κ2) is 8.52. The molecule has 0 heterocycles. The Morgan fingerprint density at radius 1 is 0.857 bits per heavy atom. The first-order valence-electron chi connectivity index (χ1n) is 9.12. The normalized spacial score (nSPS) is 18.3. The van der Waals surface area contributed by atoms with Crippen molar-refractivity contribution < 1.29 is 19.5 Å². The van der Waals surface area contributed by atoms with Gasteiger partial charge in [0.25, 0.3) is 5.91 Å². The number of allylic oxidation sites excluding steroid dienone is 2. The predicted octanol–water partition coefficient (Wildman–Crippen LogP) is 3.85. The largest absolute Gasteiger partial charge is 0.481 e. The summed E-state index contributed by atoms with van der Waals surface area (Å²) in [6, 6.07) is 14.1. The second-order valence-electron chi connectivity index (χ2n) is 6.78. The summed E-state index contributed by atoms with van der Waals surface area (Å²) >= 11 is 0. The van der Waals surface area contributed by atoms with E-state index in [4.69, 9.17) is 0 Å². The number of hydrogen-bond acceptors (Lipinski definition) is 3. The van der Waals surface area contributed by atoms with E-state index in [1.807, 2.05) is 12.1 Å². The first kappa shape index (κ1) is 19.4. The van der Waals surface area contributed by atoms with E-state index in [0.717, 1.165) is 0 Å². The average Bonchev–Trinajstić information content (AvgIpc) is 2.71. The van der Waals surface area contributed by atoms with Crippen molar-refractivity contribution in [3.05, 3.63) is 71.8 Å². The number of nitrogens with one attached hydrogen (secondary N) is 2. The molecule has 3 rings (SSSR count). The van der Waals surface area contributed by atoms with Gasteiger partial charge in [0.2, 0.25) is 5.91 Å². The van der Waals surface area contributed by atoms with Gasteiger partial charge in [0.05, 0.1) is 11.8 Å². The molecule has 1 aliphatic carbocycles. The summed E-state index contributed by atoms with van der Waals surface area (Å²) in [5.74, 6) is -2.89. The van der Waals surface area contributed by atoms with Gasteiger partial charge in [0.1, 0.15) is 0 Å². The number of rotatable bonds is 5. The average molecular weight is 378 g/mol. The van der Waals surface area contributed by atoms with Crippen LogP contribution in [0.5, 0.6) is 0 Å². The molecular weight excluding hydrogens is 356 g/mol. The maximum Gasteiger partial charge on any atom is 0.307 e. The lowest BCUT2D eigenvalue weighted by molar-refractivity contribution is -0.146. The van der Waals surface area contributed by atoms with Gasteiger partial charge in [-0.05, 0) is 49.6 Å². The van der Waals surface area contributed by atoms with Gasteiger partial charge in [-0.25, -0.2) is 0 Å². The maximum atomic E-state index is 12.7. The van der Waals surface area contributed by atoms with Crippen LogP contribution in [0.4, 0.5) is 11.4 Å². The summed E-state index contributed by atoms with van der Waals surface area (Å²) < 4.78 is 0. The van der Waals surface area contributed by atoms with Gasteiger partial charge >= 0.3 is 5.97 Å². The van der Waals surface area contributed by atoms with Gasteiger partial charge in [0, 0.05) is 16.9 Å². The zero-order valence-electron chi connectivity index (χ0n) is 15.5. The Hall–Kier alpha value is -3.41. The summed E-state index contributed by atoms with van der Waals surface area (Å²) in [6.45, 7) is 1.80. The lowest BCUT2D eigenvalue weighted by Crippen LogP contribution is -2.34. The Morgan fingerprint density at radius 2 is 1.46 bits per heavy atom. The molecule has 0 bridgehead atoms. The topological polar surface area (TPSA) is 95.5 Å². The van der Waals surface area contributed by atoms with Crippen LogP contribution in [0.15, 0.2) is 60.7 Å². The molecule has 0 fully saturated rings. The molecule has 2 aromatic rings. The van der Waals surface area contributed by atoms with Crippen molar-refractivity contribution >= 4 is 29.2 Å². The minimum Gasteiger partial charge on any atom is -0.481 e. The van der Waals surface area contributed by atoms with Crippen molar-refractivity contribution in [1.29, 1.82) is 0 Å². The van der Waals surface area contributed by atoms with E-state index < -0.39 is 17.8 Å². The smallest absolute Gasteiger partial charge is 0.307 e. The van der Waals surface area contributed by atoms with Crippen molar-refractivity contribution in [2.45, 2.75) is 19.8 Å². The minimum atomic E-state index is -0.968. The van der Waals surface area contributed by atoms with Gasteiger partial charge in [0.15, 0.2) is 0 Å². The molecule has 144 valence electrons. The van der Waals surface area contributed by atoms with E-state index in [9.17, 15) is 19.5 Å². The molecule has 1 aliphatic rings. The number of anilines is 2. The van der Waals surface area contributed by atoms with E-state index in [-0.39, 0.29) is 11.8 Å². The summed E-state index contributed by atoms with van der Waals surface area (Å²) in [7, 11) is 0. The fourth-order valence-electron chi connectivity index (χ4n) is 3.29. The number of benzene rings is 2. The maximum absolute atomic E-state index is 12.7. The van der Waals surface area contributed by atoms with Crippen LogP contribution in [-0.4, -0.2) is 22.9 Å². The lowest BCUT2D eigenvalue weighted by atomic mass is 9.82. The van der Waals surface area contributed by atoms with Gasteiger partial charge in [-0.15, -0.1) is 0 Å². The van der Waals surface area contributed by atoms with Gasteiger partial charge in [-0.3, -0.25) is 14.4 Å². The molecule has 0 aliphatic heterocycles. The fourth-order valence-corrected chi connectivity index (χ4v) is 3.29. The third kappa shape index (κ3) is 4.28. The zero-order chi connectivity index (χ0) is 20.1. The molecule has 2 aromatic carbocycles. The molecule has 0 saturated heterocycles. The highest BCUT2D eigenvalue weighted by molar-refractivity contribution is 6.05. The highest BCUT2D eigenvalue weighted by Crippen LogP contribution is 2.29. The quantitative estimate of drug-likeness (QED) is 0.689. The molecule has 0 unspecified atom stereocenters. The van der Waals surface area contributed by atoms with Crippen molar-refractivity contribution in [2.24, 2.45) is 11.8 Å². The van der Waals surface area contributed by atoms with E-state index in [1.165, 1.54) is 0 Å². The standard InChI is InChI=1S/C22H22N2O4/c1-14-18(23-20(25)15-8-3-2-4-9-15)12-7-13-19(14)24-21(26)16-10-5-6-11-17(16)22(27)28/h2-9,12-13,16-17H,10-11H2,1H3,(H,23,25)(H,24,26)(H,27,28)/t16-,17+/m1/s1. The fraction of sp³-hybridized carbons (Fsp3) is 0.227. The number of carboxylic acid groups (broad SMARTS) is 1. The Labute approximate surface area is 163 Å². The van der Waals surface area contributed by atoms with Crippen LogP contribution in [0, 0.1) is 18.8 Å². The van der Waals surface area contributed by atoms with Gasteiger partial charge in [-0.1, -0.05) is 36.4 Å². The van der Waals surface area contributed by atoms with Gasteiger partial charge < -0.3 is 15.7 Å². The molecule has 2 amide bonds. The summed E-state index contributed by atoms with van der Waals surface area (Å²) in [5.41, 5.74) is 2.38. The third-order valence-corrected chi connectivity index (χ3v) is 4.96. The summed E-state index contributed by atoms with van der Waals surface area (Å²) in [6.07, 6.45) is 4.38. The number of carbonyl (C=O) groups is 3. The molecule has 0 spiro atoms. The van der Waals surface area contributed by atoms with Crippen LogP contribution in [0.1, 0.15) is 28.8 Å². The van der Waals surface area contributed by atoms with Crippen LogP contribution < -0.4 is 10.6 Å². The number of carboxylic acids is 1. The molecule has 28 heavy (non-hydrogen) atoms. The molecule has 6 nitrogen and oxygen atoms in total. The first-order chi connectivity index (χ1) is 13.5. The SMILES string of the molecule is Cc1c(NC(=O)c2ccccc2)cccc1NC(=O)[C@@H]1CC=CC[C@@H]1C(=O)O. The van der Waals surface area contributed by atoms with Crippen molar-refractivity contribution in [1.82, 2.24) is 0 Å². The van der Waals surface area contributed by atoms with Crippen molar-refractivity contribution in [3.8, 4) is 0 Å². The highest BCUT2D eigenvalue weighted by Gasteiger charge is 2.34. The molecule has 0 aromatic heterocycles. The van der Waals surface area contributed by atoms with E-state index in [1.54, 1.807) is 55.5 Å². The van der Waals surface area contributed by atoms with Crippen molar-refractivity contribution in [2.75, 3.05) is 10.6 Å². The number of amides is 2. The van der Waals surface area contributed by atoms with E-state index in [2.05, 4.69) is 10.6 Å². The first-order valence-corrected chi connectivity index (χ1v) is 9.12. The molecule has 6 heteroatoms. The summed E-state index contributed by atoms with van der Waals surface area (Å²) in [5, 5.41) is 15.1. The van der Waals surface area contributed by atoms with Crippen LogP contribution in [0.2, 0.25) is 0 Å². The molecular formula is C22H22N2O4. The van der Waals surface area contributed by atoms with E-state index in [0.29, 0.717) is 35.3 Å². The van der Waals surface area contributed by atoms with Crippen molar-refractivity contribution in [3.63, 3.8) is 0 Å². The Morgan fingerprint density at radius 3 is 2.11 bits per heavy atom. The third-order valence-electron chi connectivity index (χ3n) is 4.96. The zero-order valence-corrected chi connectivity index (χ0v) is 15.5. The monoisotopic (exact) mass is 378 g/mol. The summed E-state index contributed by atoms with van der Waals surface area (Å²) in [4.78, 5) is 36.5. The number of hydrogen-bond donors (Lipinski definition) is 3. The van der Waals surface area contributed by atoms with Gasteiger partial charge in [-0.2, -0.15) is 0 Å². The van der Waals surface area contributed by atoms with E-state index >= 15 is 0 Å². The Kier molecular flexibility index (Phi) is 5.89. The molecule has 0 saturated carbocycles. The lowest BCUT2D eigenvalue weighted by Gasteiger charge is -2.24. The van der Waals surface area contributed by atoms with Crippen LogP contribution >= 0.6 is 0 Å². The number of carbonyl (C=O) groups excluding carboxylic acids is 2. The second-order valence-corrected chi connectivity index (χ2v) is 6.78. The van der Waals surface area contributed by atoms with Crippen LogP contribution in [0.25, 0.3) is 0 Å². The molecule has 3 N–H and O–H groups in total. The Bertz CT molecular complexity index is 921. The molecule has 0 radical (unpaired) electrons. The van der Waals surface area contributed by atoms with Crippen LogP contribution in [-0.2, 0) is 9.59 Å². The predicted molar refractivity (Wildman–Crippen MR) is 107 cm³/mol. The van der Waals surface area contributed by atoms with Crippen LogP contribution in [0.3, 0.4) is 0 Å².